The summed E-state index contributed by atoms with van der Waals surface area (Å²) in [5.41, 5.74) is 6.47. The minimum atomic E-state index is 0.0587. The van der Waals surface area contributed by atoms with Crippen molar-refractivity contribution in [2.45, 2.75) is 27.7 Å². The predicted octanol–water partition coefficient (Wildman–Crippen LogP) is 4.82. The van der Waals surface area contributed by atoms with E-state index in [2.05, 4.69) is 32.0 Å². The molecule has 1 nitrogen and oxygen atoms in total. The number of benzene rings is 2. The van der Waals surface area contributed by atoms with Gasteiger partial charge in [0.1, 0.15) is 0 Å². The quantitative estimate of drug-likeness (QED) is 0.574. The molecular weight excluding hydrogens is 244 g/mol. The summed E-state index contributed by atoms with van der Waals surface area (Å²) < 4.78 is 0. The fourth-order valence-corrected chi connectivity index (χ4v) is 2.28. The van der Waals surface area contributed by atoms with Crippen LogP contribution in [0.1, 0.15) is 38.2 Å². The summed E-state index contributed by atoms with van der Waals surface area (Å²) in [5, 5.41) is 0. The number of carbonyl (C=O) groups excluding carboxylic acids is 1. The molecule has 0 atom stereocenters. The lowest BCUT2D eigenvalue weighted by Gasteiger charge is -2.04. The summed E-state index contributed by atoms with van der Waals surface area (Å²) in [4.78, 5) is 12.3. The molecule has 0 saturated heterocycles. The minimum absolute atomic E-state index is 0.0587. The molecule has 0 saturated carbocycles. The number of rotatable bonds is 3. The molecule has 0 amide bonds. The highest BCUT2D eigenvalue weighted by atomic mass is 16.1. The normalized spacial score (nSPS) is 11.0. The van der Waals surface area contributed by atoms with Crippen molar-refractivity contribution in [1.82, 2.24) is 0 Å². The second-order valence-corrected chi connectivity index (χ2v) is 5.38. The Morgan fingerprint density at radius 1 is 0.850 bits per heavy atom. The van der Waals surface area contributed by atoms with E-state index in [9.17, 15) is 4.79 Å². The molecule has 0 aliphatic carbocycles. The van der Waals surface area contributed by atoms with Crippen LogP contribution in [0.3, 0.4) is 0 Å². The molecule has 2 aromatic carbocycles. The Morgan fingerprint density at radius 3 is 2.20 bits per heavy atom. The van der Waals surface area contributed by atoms with Crippen LogP contribution < -0.4 is 0 Å². The molecule has 0 unspecified atom stereocenters. The summed E-state index contributed by atoms with van der Waals surface area (Å²) in [6.07, 6.45) is 3.57. The lowest BCUT2D eigenvalue weighted by Crippen LogP contribution is -1.98. The van der Waals surface area contributed by atoms with Crippen LogP contribution in [-0.2, 0) is 0 Å². The van der Waals surface area contributed by atoms with Crippen molar-refractivity contribution in [2.75, 3.05) is 0 Å². The van der Waals surface area contributed by atoms with Gasteiger partial charge < -0.3 is 0 Å². The maximum absolute atomic E-state index is 12.3. The average molecular weight is 264 g/mol. The highest BCUT2D eigenvalue weighted by Gasteiger charge is 2.05. The van der Waals surface area contributed by atoms with E-state index in [0.717, 1.165) is 16.7 Å². The SMILES string of the molecule is Cc1ccc(C(=O)/C=C/c2cc(C)ccc2C)c(C)c1. The third-order valence-corrected chi connectivity index (χ3v) is 3.50. The van der Waals surface area contributed by atoms with Crippen LogP contribution in [0.5, 0.6) is 0 Å². The molecule has 0 aliphatic heterocycles. The predicted molar refractivity (Wildman–Crippen MR) is 85.2 cm³/mol. The topological polar surface area (TPSA) is 17.1 Å². The first-order chi connectivity index (χ1) is 9.47. The maximum Gasteiger partial charge on any atom is 0.186 e. The van der Waals surface area contributed by atoms with Crippen molar-refractivity contribution in [3.63, 3.8) is 0 Å². The van der Waals surface area contributed by atoms with Crippen molar-refractivity contribution >= 4 is 11.9 Å². The standard InChI is InChI=1S/C19H20O/c1-13-6-9-18(16(4)11-13)19(20)10-8-17-12-14(2)5-7-15(17)3/h5-12H,1-4H3/b10-8+. The molecule has 2 rings (SSSR count). The van der Waals surface area contributed by atoms with Crippen LogP contribution in [0.4, 0.5) is 0 Å². The number of carbonyl (C=O) groups is 1. The van der Waals surface area contributed by atoms with Crippen molar-refractivity contribution < 1.29 is 4.79 Å². The van der Waals surface area contributed by atoms with Gasteiger partial charge in [-0.05, 0) is 50.5 Å². The Morgan fingerprint density at radius 2 is 1.50 bits per heavy atom. The molecule has 0 aromatic heterocycles. The first kappa shape index (κ1) is 14.3. The third-order valence-electron chi connectivity index (χ3n) is 3.50. The van der Waals surface area contributed by atoms with Gasteiger partial charge in [0, 0.05) is 5.56 Å². The molecular formula is C19H20O. The van der Waals surface area contributed by atoms with E-state index in [1.165, 1.54) is 16.7 Å². The summed E-state index contributed by atoms with van der Waals surface area (Å²) in [6.45, 7) is 8.13. The van der Waals surface area contributed by atoms with Gasteiger partial charge in [-0.3, -0.25) is 4.79 Å². The van der Waals surface area contributed by atoms with E-state index in [-0.39, 0.29) is 5.78 Å². The first-order valence-electron chi connectivity index (χ1n) is 6.84. The maximum atomic E-state index is 12.3. The van der Waals surface area contributed by atoms with Gasteiger partial charge in [-0.2, -0.15) is 0 Å². The molecule has 0 spiro atoms. The molecule has 0 bridgehead atoms. The largest absolute Gasteiger partial charge is 0.289 e. The van der Waals surface area contributed by atoms with E-state index in [1.807, 2.05) is 38.1 Å². The van der Waals surface area contributed by atoms with E-state index in [0.29, 0.717) is 0 Å². The summed E-state index contributed by atoms with van der Waals surface area (Å²) in [7, 11) is 0. The summed E-state index contributed by atoms with van der Waals surface area (Å²) in [5.74, 6) is 0.0587. The summed E-state index contributed by atoms with van der Waals surface area (Å²) >= 11 is 0. The Kier molecular flexibility index (Phi) is 4.19. The molecule has 0 radical (unpaired) electrons. The van der Waals surface area contributed by atoms with E-state index >= 15 is 0 Å². The lowest BCUT2D eigenvalue weighted by molar-refractivity contribution is 0.104. The zero-order chi connectivity index (χ0) is 14.7. The molecule has 0 aliphatic rings. The van der Waals surface area contributed by atoms with Crippen LogP contribution >= 0.6 is 0 Å². The van der Waals surface area contributed by atoms with Gasteiger partial charge in [-0.25, -0.2) is 0 Å². The van der Waals surface area contributed by atoms with Crippen LogP contribution in [0.15, 0.2) is 42.5 Å². The van der Waals surface area contributed by atoms with Gasteiger partial charge >= 0.3 is 0 Å². The van der Waals surface area contributed by atoms with Crippen LogP contribution in [-0.4, -0.2) is 5.78 Å². The molecule has 0 fully saturated rings. The number of allylic oxidation sites excluding steroid dienone is 1. The molecule has 0 N–H and O–H groups in total. The van der Waals surface area contributed by atoms with Crippen LogP contribution in [0, 0.1) is 27.7 Å². The molecule has 2 aromatic rings. The highest BCUT2D eigenvalue weighted by Crippen LogP contribution is 2.15. The van der Waals surface area contributed by atoms with E-state index < -0.39 is 0 Å². The van der Waals surface area contributed by atoms with Gasteiger partial charge in [0.15, 0.2) is 5.78 Å². The Hall–Kier alpha value is -2.15. The Balaban J connectivity index is 2.27. The van der Waals surface area contributed by atoms with E-state index in [1.54, 1.807) is 6.08 Å². The van der Waals surface area contributed by atoms with Crippen molar-refractivity contribution in [3.8, 4) is 0 Å². The number of aryl methyl sites for hydroxylation is 4. The molecule has 102 valence electrons. The van der Waals surface area contributed by atoms with Gasteiger partial charge in [-0.15, -0.1) is 0 Å². The van der Waals surface area contributed by atoms with Crippen molar-refractivity contribution in [1.29, 1.82) is 0 Å². The Labute approximate surface area is 121 Å². The molecule has 0 heterocycles. The number of hydrogen-bond acceptors (Lipinski definition) is 1. The molecule has 20 heavy (non-hydrogen) atoms. The molecule has 1 heteroatoms. The van der Waals surface area contributed by atoms with Gasteiger partial charge in [0.2, 0.25) is 0 Å². The zero-order valence-corrected chi connectivity index (χ0v) is 12.5. The second kappa shape index (κ2) is 5.87. The number of ketones is 1. The van der Waals surface area contributed by atoms with Gasteiger partial charge in [-0.1, -0.05) is 53.6 Å². The summed E-state index contributed by atoms with van der Waals surface area (Å²) in [6, 6.07) is 12.2. The van der Waals surface area contributed by atoms with Crippen LogP contribution in [0.2, 0.25) is 0 Å². The van der Waals surface area contributed by atoms with Gasteiger partial charge in [0.05, 0.1) is 0 Å². The van der Waals surface area contributed by atoms with Crippen molar-refractivity contribution in [3.05, 3.63) is 75.9 Å². The van der Waals surface area contributed by atoms with Gasteiger partial charge in [0.25, 0.3) is 0 Å². The van der Waals surface area contributed by atoms with Crippen molar-refractivity contribution in [2.24, 2.45) is 0 Å². The fourth-order valence-electron chi connectivity index (χ4n) is 2.28. The smallest absolute Gasteiger partial charge is 0.186 e. The highest BCUT2D eigenvalue weighted by molar-refractivity contribution is 6.07. The monoisotopic (exact) mass is 264 g/mol. The van der Waals surface area contributed by atoms with E-state index in [4.69, 9.17) is 0 Å². The third kappa shape index (κ3) is 3.24. The Bertz CT molecular complexity index is 678. The first-order valence-corrected chi connectivity index (χ1v) is 6.84. The number of hydrogen-bond donors (Lipinski definition) is 0. The minimum Gasteiger partial charge on any atom is -0.289 e. The zero-order valence-electron chi connectivity index (χ0n) is 12.5. The second-order valence-electron chi connectivity index (χ2n) is 5.38. The lowest BCUT2D eigenvalue weighted by atomic mass is 10.0. The fraction of sp³-hybridized carbons (Fsp3) is 0.211. The van der Waals surface area contributed by atoms with Crippen LogP contribution in [0.25, 0.3) is 6.08 Å². The average Bonchev–Trinajstić information content (AvgIpc) is 2.39.